The number of nitrogens with zero attached hydrogens (tertiary/aromatic N) is 2. The molecule has 0 bridgehead atoms. The molecule has 0 saturated heterocycles. The van der Waals surface area contributed by atoms with Crippen LogP contribution in [0.25, 0.3) is 0 Å². The van der Waals surface area contributed by atoms with Crippen LogP contribution in [0.5, 0.6) is 0 Å². The molecule has 4 nitrogen and oxygen atoms in total. The van der Waals surface area contributed by atoms with Crippen LogP contribution < -0.4 is 10.6 Å². The molecule has 0 spiro atoms. The van der Waals surface area contributed by atoms with Crippen molar-refractivity contribution < 1.29 is 4.42 Å². The molecule has 0 fully saturated rings. The highest BCUT2D eigenvalue weighted by Gasteiger charge is 2.07. The minimum absolute atomic E-state index is 0.498. The summed E-state index contributed by atoms with van der Waals surface area (Å²) in [6, 6.07) is 11.4. The smallest absolute Gasteiger partial charge is 0.123 e. The lowest BCUT2D eigenvalue weighted by Crippen LogP contribution is -2.16. The SMILES string of the molecule is Cc1ccc(CN(C)c2ccc(C#N)c(N)c2)o1. The average molecular weight is 241 g/mol. The Hall–Kier alpha value is -2.41. The van der Waals surface area contributed by atoms with Crippen LogP contribution in [0.2, 0.25) is 0 Å². The minimum Gasteiger partial charge on any atom is -0.464 e. The molecule has 0 amide bonds. The Morgan fingerprint density at radius 2 is 2.11 bits per heavy atom. The van der Waals surface area contributed by atoms with Crippen molar-refractivity contribution in [2.75, 3.05) is 17.7 Å². The number of aryl methyl sites for hydroxylation is 1. The molecule has 2 aromatic rings. The van der Waals surface area contributed by atoms with Gasteiger partial charge in [-0.1, -0.05) is 0 Å². The first kappa shape index (κ1) is 12.1. The maximum Gasteiger partial charge on any atom is 0.123 e. The van der Waals surface area contributed by atoms with Gasteiger partial charge in [-0.2, -0.15) is 5.26 Å². The van der Waals surface area contributed by atoms with Gasteiger partial charge in [0, 0.05) is 12.7 Å². The van der Waals surface area contributed by atoms with Gasteiger partial charge in [-0.25, -0.2) is 0 Å². The Bertz CT molecular complexity index is 595. The Labute approximate surface area is 106 Å². The third-order valence-corrected chi connectivity index (χ3v) is 2.79. The lowest BCUT2D eigenvalue weighted by molar-refractivity contribution is 0.482. The second-order valence-corrected chi connectivity index (χ2v) is 4.25. The second kappa shape index (κ2) is 4.84. The monoisotopic (exact) mass is 241 g/mol. The molecule has 4 heteroatoms. The van der Waals surface area contributed by atoms with Gasteiger partial charge in [-0.05, 0) is 37.3 Å². The van der Waals surface area contributed by atoms with E-state index in [0.717, 1.165) is 17.2 Å². The maximum absolute atomic E-state index is 8.83. The number of anilines is 2. The molecule has 0 aliphatic heterocycles. The lowest BCUT2D eigenvalue weighted by Gasteiger charge is -2.18. The van der Waals surface area contributed by atoms with Crippen molar-refractivity contribution in [3.63, 3.8) is 0 Å². The summed E-state index contributed by atoms with van der Waals surface area (Å²) >= 11 is 0. The largest absolute Gasteiger partial charge is 0.464 e. The first-order chi connectivity index (χ1) is 8.60. The summed E-state index contributed by atoms with van der Waals surface area (Å²) in [5, 5.41) is 8.83. The van der Waals surface area contributed by atoms with Crippen molar-refractivity contribution in [2.45, 2.75) is 13.5 Å². The van der Waals surface area contributed by atoms with Gasteiger partial charge in [-0.3, -0.25) is 0 Å². The van der Waals surface area contributed by atoms with Crippen molar-refractivity contribution in [1.29, 1.82) is 5.26 Å². The summed E-state index contributed by atoms with van der Waals surface area (Å²) in [4.78, 5) is 2.02. The maximum atomic E-state index is 8.83. The predicted molar refractivity (Wildman–Crippen MR) is 71.1 cm³/mol. The average Bonchev–Trinajstić information content (AvgIpc) is 2.74. The molecule has 92 valence electrons. The zero-order chi connectivity index (χ0) is 13.1. The Morgan fingerprint density at radius 3 is 2.67 bits per heavy atom. The van der Waals surface area contributed by atoms with Gasteiger partial charge in [0.15, 0.2) is 0 Å². The summed E-state index contributed by atoms with van der Waals surface area (Å²) in [7, 11) is 1.96. The highest BCUT2D eigenvalue weighted by atomic mass is 16.3. The van der Waals surface area contributed by atoms with Crippen LogP contribution >= 0.6 is 0 Å². The van der Waals surface area contributed by atoms with Gasteiger partial charge in [0.2, 0.25) is 0 Å². The molecule has 0 radical (unpaired) electrons. The fraction of sp³-hybridized carbons (Fsp3) is 0.214. The molecule has 0 saturated carbocycles. The second-order valence-electron chi connectivity index (χ2n) is 4.25. The molecule has 1 aromatic carbocycles. The standard InChI is InChI=1S/C14H15N3O/c1-10-3-6-13(18-10)9-17(2)12-5-4-11(8-15)14(16)7-12/h3-7H,9,16H2,1-2H3. The Morgan fingerprint density at radius 1 is 1.33 bits per heavy atom. The van der Waals surface area contributed by atoms with Gasteiger partial charge >= 0.3 is 0 Å². The molecule has 1 aromatic heterocycles. The molecule has 2 N–H and O–H groups in total. The van der Waals surface area contributed by atoms with Crippen molar-refractivity contribution in [1.82, 2.24) is 0 Å². The van der Waals surface area contributed by atoms with E-state index in [2.05, 4.69) is 6.07 Å². The van der Waals surface area contributed by atoms with Gasteiger partial charge in [-0.15, -0.1) is 0 Å². The molecule has 2 rings (SSSR count). The van der Waals surface area contributed by atoms with Crippen molar-refractivity contribution in [3.8, 4) is 6.07 Å². The number of benzene rings is 1. The van der Waals surface area contributed by atoms with Crippen LogP contribution in [-0.2, 0) is 6.54 Å². The van der Waals surface area contributed by atoms with Gasteiger partial charge in [0.25, 0.3) is 0 Å². The minimum atomic E-state index is 0.498. The van der Waals surface area contributed by atoms with E-state index in [1.54, 1.807) is 12.1 Å². The number of hydrogen-bond acceptors (Lipinski definition) is 4. The highest BCUT2D eigenvalue weighted by Crippen LogP contribution is 2.22. The molecule has 18 heavy (non-hydrogen) atoms. The fourth-order valence-electron chi connectivity index (χ4n) is 1.78. The zero-order valence-corrected chi connectivity index (χ0v) is 10.5. The van der Waals surface area contributed by atoms with E-state index in [0.29, 0.717) is 17.8 Å². The van der Waals surface area contributed by atoms with Crippen LogP contribution in [0.3, 0.4) is 0 Å². The van der Waals surface area contributed by atoms with Crippen molar-refractivity contribution in [2.24, 2.45) is 0 Å². The summed E-state index contributed by atoms with van der Waals surface area (Å²) in [5.74, 6) is 1.80. The lowest BCUT2D eigenvalue weighted by atomic mass is 10.1. The van der Waals surface area contributed by atoms with E-state index < -0.39 is 0 Å². The summed E-state index contributed by atoms with van der Waals surface area (Å²) in [6.07, 6.45) is 0. The number of furan rings is 1. The molecular formula is C14H15N3O. The topological polar surface area (TPSA) is 66.2 Å². The summed E-state index contributed by atoms with van der Waals surface area (Å²) in [5.41, 5.74) is 7.75. The molecule has 0 unspecified atom stereocenters. The van der Waals surface area contributed by atoms with E-state index in [1.807, 2.05) is 37.1 Å². The van der Waals surface area contributed by atoms with Crippen LogP contribution in [-0.4, -0.2) is 7.05 Å². The highest BCUT2D eigenvalue weighted by molar-refractivity contribution is 5.63. The van der Waals surface area contributed by atoms with E-state index >= 15 is 0 Å². The number of nitriles is 1. The summed E-state index contributed by atoms with van der Waals surface area (Å²) < 4.78 is 5.53. The first-order valence-corrected chi connectivity index (χ1v) is 5.66. The van der Waals surface area contributed by atoms with E-state index in [-0.39, 0.29) is 0 Å². The summed E-state index contributed by atoms with van der Waals surface area (Å²) in [6.45, 7) is 2.59. The van der Waals surface area contributed by atoms with Gasteiger partial charge in [0.1, 0.15) is 17.6 Å². The van der Waals surface area contributed by atoms with Gasteiger partial charge < -0.3 is 15.1 Å². The van der Waals surface area contributed by atoms with Crippen LogP contribution in [0, 0.1) is 18.3 Å². The Balaban J connectivity index is 2.16. The number of hydrogen-bond donors (Lipinski definition) is 1. The molecule has 0 aliphatic carbocycles. The van der Waals surface area contributed by atoms with E-state index in [4.69, 9.17) is 15.4 Å². The predicted octanol–water partition coefficient (Wildman–Crippen LogP) is 2.68. The normalized spacial score (nSPS) is 10.1. The third-order valence-electron chi connectivity index (χ3n) is 2.79. The molecule has 0 atom stereocenters. The van der Waals surface area contributed by atoms with Crippen LogP contribution in [0.4, 0.5) is 11.4 Å². The zero-order valence-electron chi connectivity index (χ0n) is 10.5. The van der Waals surface area contributed by atoms with Gasteiger partial charge in [0.05, 0.1) is 17.8 Å². The quantitative estimate of drug-likeness (QED) is 0.839. The van der Waals surface area contributed by atoms with E-state index in [9.17, 15) is 0 Å². The molecule has 1 heterocycles. The van der Waals surface area contributed by atoms with Crippen LogP contribution in [0.15, 0.2) is 34.7 Å². The number of nitrogen functional groups attached to an aromatic ring is 1. The fourth-order valence-corrected chi connectivity index (χ4v) is 1.78. The van der Waals surface area contributed by atoms with Crippen molar-refractivity contribution >= 4 is 11.4 Å². The van der Waals surface area contributed by atoms with Crippen molar-refractivity contribution in [3.05, 3.63) is 47.4 Å². The molecular weight excluding hydrogens is 226 g/mol. The number of rotatable bonds is 3. The third kappa shape index (κ3) is 2.46. The van der Waals surface area contributed by atoms with E-state index in [1.165, 1.54) is 0 Å². The first-order valence-electron chi connectivity index (χ1n) is 5.66. The Kier molecular flexibility index (Phi) is 3.24. The molecule has 0 aliphatic rings. The number of nitrogens with two attached hydrogens (primary N) is 1. The van der Waals surface area contributed by atoms with Crippen LogP contribution in [0.1, 0.15) is 17.1 Å².